The Bertz CT molecular complexity index is 603. The first-order chi connectivity index (χ1) is 8.56. The van der Waals surface area contributed by atoms with Crippen molar-refractivity contribution in [1.29, 1.82) is 0 Å². The van der Waals surface area contributed by atoms with Gasteiger partial charge in [0.05, 0.1) is 4.47 Å². The Labute approximate surface area is 126 Å². The van der Waals surface area contributed by atoms with Crippen molar-refractivity contribution in [3.8, 4) is 0 Å². The van der Waals surface area contributed by atoms with Gasteiger partial charge in [-0.25, -0.2) is 4.39 Å². The number of hydrogen-bond donors (Lipinski definition) is 1. The van der Waals surface area contributed by atoms with Gasteiger partial charge in [-0.1, -0.05) is 6.07 Å². The summed E-state index contributed by atoms with van der Waals surface area (Å²) in [4.78, 5) is 11.9. The van der Waals surface area contributed by atoms with Gasteiger partial charge in [-0.2, -0.15) is 0 Å². The lowest BCUT2D eigenvalue weighted by molar-refractivity contribution is 0.102. The van der Waals surface area contributed by atoms with Crippen LogP contribution in [0.4, 0.5) is 10.1 Å². The van der Waals surface area contributed by atoms with Gasteiger partial charge in [-0.15, -0.1) is 0 Å². The zero-order valence-electron chi connectivity index (χ0n) is 9.08. The lowest BCUT2D eigenvalue weighted by Crippen LogP contribution is -2.12. The SMILES string of the molecule is O=C(Nc1cccc(I)c1)c1ccc(Br)c(F)c1. The molecule has 0 spiro atoms. The molecule has 0 saturated carbocycles. The fourth-order valence-electron chi connectivity index (χ4n) is 1.41. The second kappa shape index (κ2) is 5.79. The molecule has 0 aliphatic heterocycles. The van der Waals surface area contributed by atoms with Crippen LogP contribution in [0.3, 0.4) is 0 Å². The van der Waals surface area contributed by atoms with Crippen LogP contribution in [0.1, 0.15) is 10.4 Å². The second-order valence-electron chi connectivity index (χ2n) is 3.59. The van der Waals surface area contributed by atoms with E-state index < -0.39 is 5.82 Å². The van der Waals surface area contributed by atoms with Gasteiger partial charge < -0.3 is 5.32 Å². The Morgan fingerprint density at radius 3 is 2.67 bits per heavy atom. The van der Waals surface area contributed by atoms with Gasteiger partial charge in [-0.05, 0) is 74.9 Å². The summed E-state index contributed by atoms with van der Waals surface area (Å²) >= 11 is 5.21. The summed E-state index contributed by atoms with van der Waals surface area (Å²) in [5.41, 5.74) is 0.977. The highest BCUT2D eigenvalue weighted by molar-refractivity contribution is 14.1. The number of amides is 1. The van der Waals surface area contributed by atoms with Crippen LogP contribution in [0.2, 0.25) is 0 Å². The van der Waals surface area contributed by atoms with Crippen LogP contribution in [0, 0.1) is 9.39 Å². The molecule has 18 heavy (non-hydrogen) atoms. The predicted octanol–water partition coefficient (Wildman–Crippen LogP) is 4.45. The molecule has 0 unspecified atom stereocenters. The van der Waals surface area contributed by atoms with Crippen molar-refractivity contribution < 1.29 is 9.18 Å². The molecule has 0 aromatic heterocycles. The number of anilines is 1. The van der Waals surface area contributed by atoms with Crippen LogP contribution in [0.5, 0.6) is 0 Å². The van der Waals surface area contributed by atoms with Crippen LogP contribution in [-0.4, -0.2) is 5.91 Å². The molecular weight excluding hydrogens is 412 g/mol. The highest BCUT2D eigenvalue weighted by Gasteiger charge is 2.09. The summed E-state index contributed by atoms with van der Waals surface area (Å²) in [7, 11) is 0. The van der Waals surface area contributed by atoms with Crippen LogP contribution < -0.4 is 5.32 Å². The predicted molar refractivity (Wildman–Crippen MR) is 81.2 cm³/mol. The normalized spacial score (nSPS) is 10.2. The van der Waals surface area contributed by atoms with Crippen LogP contribution in [0.25, 0.3) is 0 Å². The number of carbonyl (C=O) groups is 1. The molecule has 2 aromatic rings. The molecule has 0 atom stereocenters. The Balaban J connectivity index is 2.19. The van der Waals surface area contributed by atoms with E-state index in [2.05, 4.69) is 43.8 Å². The number of halogens is 3. The minimum Gasteiger partial charge on any atom is -0.322 e. The van der Waals surface area contributed by atoms with Gasteiger partial charge in [-0.3, -0.25) is 4.79 Å². The summed E-state index contributed by atoms with van der Waals surface area (Å²) < 4.78 is 14.7. The number of benzene rings is 2. The molecule has 2 aromatic carbocycles. The third kappa shape index (κ3) is 3.29. The van der Waals surface area contributed by atoms with Crippen molar-refractivity contribution in [2.75, 3.05) is 5.32 Å². The van der Waals surface area contributed by atoms with Crippen molar-refractivity contribution in [2.45, 2.75) is 0 Å². The first-order valence-corrected chi connectivity index (χ1v) is 6.95. The number of nitrogens with one attached hydrogen (secondary N) is 1. The van der Waals surface area contributed by atoms with E-state index in [1.807, 2.05) is 18.2 Å². The van der Waals surface area contributed by atoms with E-state index >= 15 is 0 Å². The summed E-state index contributed by atoms with van der Waals surface area (Å²) in [6, 6.07) is 11.7. The summed E-state index contributed by atoms with van der Waals surface area (Å²) in [5.74, 6) is -0.784. The molecule has 0 heterocycles. The standard InChI is InChI=1S/C13H8BrFINO/c14-11-5-4-8(6-12(11)15)13(18)17-10-3-1-2-9(16)7-10/h1-7H,(H,17,18). The largest absolute Gasteiger partial charge is 0.322 e. The maximum absolute atomic E-state index is 13.3. The molecule has 0 fully saturated rings. The topological polar surface area (TPSA) is 29.1 Å². The molecule has 0 bridgehead atoms. The zero-order chi connectivity index (χ0) is 13.1. The first-order valence-electron chi connectivity index (χ1n) is 5.08. The van der Waals surface area contributed by atoms with E-state index in [1.54, 1.807) is 12.1 Å². The molecule has 92 valence electrons. The van der Waals surface area contributed by atoms with Gasteiger partial charge in [0, 0.05) is 14.8 Å². The highest BCUT2D eigenvalue weighted by atomic mass is 127. The average molecular weight is 420 g/mol. The molecule has 0 radical (unpaired) electrons. The number of hydrogen-bond acceptors (Lipinski definition) is 1. The molecule has 5 heteroatoms. The van der Waals surface area contributed by atoms with Gasteiger partial charge in [0.1, 0.15) is 5.82 Å². The van der Waals surface area contributed by atoms with Crippen LogP contribution >= 0.6 is 38.5 Å². The average Bonchev–Trinajstić information content (AvgIpc) is 2.32. The summed E-state index contributed by atoms with van der Waals surface area (Å²) in [6.07, 6.45) is 0. The van der Waals surface area contributed by atoms with E-state index in [-0.39, 0.29) is 11.5 Å². The minimum absolute atomic E-state index is 0.287. The molecule has 2 rings (SSSR count). The number of rotatable bonds is 2. The quantitative estimate of drug-likeness (QED) is 0.716. The molecule has 0 aliphatic carbocycles. The van der Waals surface area contributed by atoms with Crippen molar-refractivity contribution in [3.63, 3.8) is 0 Å². The van der Waals surface area contributed by atoms with E-state index in [9.17, 15) is 9.18 Å². The zero-order valence-corrected chi connectivity index (χ0v) is 12.8. The van der Waals surface area contributed by atoms with E-state index in [1.165, 1.54) is 12.1 Å². The molecule has 0 saturated heterocycles. The number of carbonyl (C=O) groups excluding carboxylic acids is 1. The molecule has 0 aliphatic rings. The molecule has 2 nitrogen and oxygen atoms in total. The van der Waals surface area contributed by atoms with E-state index in [0.29, 0.717) is 10.2 Å². The lowest BCUT2D eigenvalue weighted by Gasteiger charge is -2.06. The maximum atomic E-state index is 13.3. The highest BCUT2D eigenvalue weighted by Crippen LogP contribution is 2.18. The van der Waals surface area contributed by atoms with Gasteiger partial charge in [0.25, 0.3) is 5.91 Å². The van der Waals surface area contributed by atoms with Crippen molar-refractivity contribution in [1.82, 2.24) is 0 Å². The van der Waals surface area contributed by atoms with Crippen molar-refractivity contribution >= 4 is 50.1 Å². The van der Waals surface area contributed by atoms with Gasteiger partial charge in [0.15, 0.2) is 0 Å². The fraction of sp³-hybridized carbons (Fsp3) is 0. The summed E-state index contributed by atoms with van der Waals surface area (Å²) in [5, 5.41) is 2.72. The van der Waals surface area contributed by atoms with Crippen molar-refractivity contribution in [2.24, 2.45) is 0 Å². The van der Waals surface area contributed by atoms with E-state index in [4.69, 9.17) is 0 Å². The monoisotopic (exact) mass is 419 g/mol. The summed E-state index contributed by atoms with van der Waals surface area (Å²) in [6.45, 7) is 0. The minimum atomic E-state index is -0.453. The lowest BCUT2D eigenvalue weighted by atomic mass is 10.2. The van der Waals surface area contributed by atoms with Crippen LogP contribution in [0.15, 0.2) is 46.9 Å². The van der Waals surface area contributed by atoms with Gasteiger partial charge >= 0.3 is 0 Å². The molecular formula is C13H8BrFINO. The van der Waals surface area contributed by atoms with E-state index in [0.717, 1.165) is 3.57 Å². The second-order valence-corrected chi connectivity index (χ2v) is 5.69. The Kier molecular flexibility index (Phi) is 4.34. The first kappa shape index (κ1) is 13.5. The van der Waals surface area contributed by atoms with Gasteiger partial charge in [0.2, 0.25) is 0 Å². The molecule has 1 amide bonds. The molecule has 1 N–H and O–H groups in total. The third-order valence-corrected chi connectivity index (χ3v) is 3.58. The third-order valence-electron chi connectivity index (χ3n) is 2.26. The Hall–Kier alpha value is -0.950. The maximum Gasteiger partial charge on any atom is 0.255 e. The Morgan fingerprint density at radius 1 is 1.22 bits per heavy atom. The smallest absolute Gasteiger partial charge is 0.255 e. The fourth-order valence-corrected chi connectivity index (χ4v) is 2.20. The van der Waals surface area contributed by atoms with Crippen LogP contribution in [-0.2, 0) is 0 Å². The Morgan fingerprint density at radius 2 is 2.00 bits per heavy atom. The van der Waals surface area contributed by atoms with Crippen molar-refractivity contribution in [3.05, 3.63) is 61.9 Å².